The van der Waals surface area contributed by atoms with Gasteiger partial charge in [-0.3, -0.25) is 14.1 Å². The molecule has 106 valence electrons. The molecule has 1 aliphatic rings. The first-order valence-electron chi connectivity index (χ1n) is 5.81. The van der Waals surface area contributed by atoms with Crippen LogP contribution in [0, 0.1) is 0 Å². The van der Waals surface area contributed by atoms with Crippen LogP contribution >= 0.6 is 15.9 Å². The molecule has 0 fully saturated rings. The van der Waals surface area contributed by atoms with Gasteiger partial charge in [0.25, 0.3) is 10.1 Å². The molecule has 0 heterocycles. The van der Waals surface area contributed by atoms with E-state index in [4.69, 9.17) is 0 Å². The van der Waals surface area contributed by atoms with Crippen LogP contribution in [0.1, 0.15) is 31.8 Å². The number of hydrogen-bond acceptors (Lipinski definition) is 4. The SMILES string of the molecule is O=C1c2ccccc2C(=O)c2c1ccc(Br)c2S(=O)(=O)O. The normalized spacial score (nSPS) is 13.8. The number of carbonyl (C=O) groups is 2. The van der Waals surface area contributed by atoms with Crippen LogP contribution < -0.4 is 0 Å². The van der Waals surface area contributed by atoms with Crippen LogP contribution in [-0.2, 0) is 10.1 Å². The maximum atomic E-state index is 12.5. The fraction of sp³-hybridized carbons (Fsp3) is 0. The van der Waals surface area contributed by atoms with Crippen molar-refractivity contribution < 1.29 is 22.6 Å². The lowest BCUT2D eigenvalue weighted by Crippen LogP contribution is -2.24. The molecule has 0 radical (unpaired) electrons. The Hall–Kier alpha value is -1.83. The van der Waals surface area contributed by atoms with E-state index in [2.05, 4.69) is 15.9 Å². The zero-order valence-corrected chi connectivity index (χ0v) is 12.7. The van der Waals surface area contributed by atoms with Gasteiger partial charge in [0.2, 0.25) is 0 Å². The minimum absolute atomic E-state index is 0.0317. The van der Waals surface area contributed by atoms with Crippen LogP contribution in [0.2, 0.25) is 0 Å². The van der Waals surface area contributed by atoms with E-state index >= 15 is 0 Å². The second kappa shape index (κ2) is 4.59. The maximum Gasteiger partial charge on any atom is 0.296 e. The summed E-state index contributed by atoms with van der Waals surface area (Å²) in [6, 6.07) is 8.85. The standard InChI is InChI=1S/C14H7BrO5S/c15-10-6-5-9-11(14(10)21(18,19)20)13(17)8-4-2-1-3-7(8)12(9)16/h1-6H,(H,18,19,20). The van der Waals surface area contributed by atoms with Gasteiger partial charge < -0.3 is 0 Å². The molecule has 0 saturated heterocycles. The van der Waals surface area contributed by atoms with Crippen molar-refractivity contribution in [2.75, 3.05) is 0 Å². The van der Waals surface area contributed by atoms with Crippen molar-refractivity contribution in [3.8, 4) is 0 Å². The van der Waals surface area contributed by atoms with E-state index in [9.17, 15) is 22.6 Å². The molecule has 0 unspecified atom stereocenters. The van der Waals surface area contributed by atoms with E-state index < -0.39 is 26.6 Å². The molecule has 0 bridgehead atoms. The Labute approximate surface area is 128 Å². The van der Waals surface area contributed by atoms with E-state index in [0.717, 1.165) is 0 Å². The fourth-order valence-electron chi connectivity index (χ4n) is 2.38. The quantitative estimate of drug-likeness (QED) is 0.668. The number of fused-ring (bicyclic) bond motifs is 2. The molecule has 1 aliphatic carbocycles. The van der Waals surface area contributed by atoms with Gasteiger partial charge in [-0.15, -0.1) is 0 Å². The molecule has 5 nitrogen and oxygen atoms in total. The van der Waals surface area contributed by atoms with Crippen LogP contribution in [0.15, 0.2) is 45.8 Å². The second-order valence-electron chi connectivity index (χ2n) is 4.48. The highest BCUT2D eigenvalue weighted by atomic mass is 79.9. The second-order valence-corrected chi connectivity index (χ2v) is 6.69. The summed E-state index contributed by atoms with van der Waals surface area (Å²) in [7, 11) is -4.65. The average Bonchev–Trinajstić information content (AvgIpc) is 2.43. The highest BCUT2D eigenvalue weighted by Gasteiger charge is 2.35. The third-order valence-electron chi connectivity index (χ3n) is 3.26. The molecule has 0 atom stereocenters. The lowest BCUT2D eigenvalue weighted by atomic mass is 9.84. The molecule has 2 aromatic rings. The summed E-state index contributed by atoms with van der Waals surface area (Å²) < 4.78 is 32.5. The third kappa shape index (κ3) is 2.05. The Morgan fingerprint density at radius 1 is 0.857 bits per heavy atom. The highest BCUT2D eigenvalue weighted by molar-refractivity contribution is 9.10. The van der Waals surface area contributed by atoms with Crippen LogP contribution in [0.3, 0.4) is 0 Å². The van der Waals surface area contributed by atoms with E-state index in [0.29, 0.717) is 0 Å². The lowest BCUT2D eigenvalue weighted by Gasteiger charge is -2.19. The molecule has 0 aliphatic heterocycles. The van der Waals surface area contributed by atoms with E-state index in [1.807, 2.05) is 0 Å². The van der Waals surface area contributed by atoms with Crippen molar-refractivity contribution in [2.45, 2.75) is 4.90 Å². The number of rotatable bonds is 1. The van der Waals surface area contributed by atoms with E-state index in [-0.39, 0.29) is 26.7 Å². The zero-order valence-electron chi connectivity index (χ0n) is 10.3. The third-order valence-corrected chi connectivity index (χ3v) is 5.12. The van der Waals surface area contributed by atoms with Gasteiger partial charge >= 0.3 is 0 Å². The van der Waals surface area contributed by atoms with Crippen LogP contribution in [0.25, 0.3) is 0 Å². The number of benzene rings is 2. The monoisotopic (exact) mass is 366 g/mol. The van der Waals surface area contributed by atoms with E-state index in [1.54, 1.807) is 12.1 Å². The van der Waals surface area contributed by atoms with Crippen LogP contribution in [-0.4, -0.2) is 24.5 Å². The van der Waals surface area contributed by atoms with Crippen molar-refractivity contribution in [3.05, 3.63) is 63.1 Å². The highest BCUT2D eigenvalue weighted by Crippen LogP contribution is 2.35. The van der Waals surface area contributed by atoms with Gasteiger partial charge in [0.1, 0.15) is 4.90 Å². The van der Waals surface area contributed by atoms with Gasteiger partial charge in [-0.05, 0) is 28.1 Å². The van der Waals surface area contributed by atoms with Gasteiger partial charge in [0, 0.05) is 21.2 Å². The van der Waals surface area contributed by atoms with Gasteiger partial charge in [0.05, 0.1) is 5.56 Å². The molecule has 21 heavy (non-hydrogen) atoms. The van der Waals surface area contributed by atoms with Crippen LogP contribution in [0.4, 0.5) is 0 Å². The largest absolute Gasteiger partial charge is 0.296 e. The van der Waals surface area contributed by atoms with Gasteiger partial charge in [0.15, 0.2) is 11.6 Å². The number of hydrogen-bond donors (Lipinski definition) is 1. The van der Waals surface area contributed by atoms with Crippen molar-refractivity contribution >= 4 is 37.6 Å². The van der Waals surface area contributed by atoms with Crippen molar-refractivity contribution in [3.63, 3.8) is 0 Å². The topological polar surface area (TPSA) is 88.5 Å². The summed E-state index contributed by atoms with van der Waals surface area (Å²) >= 11 is 3.00. The van der Waals surface area contributed by atoms with Crippen molar-refractivity contribution in [1.29, 1.82) is 0 Å². The summed E-state index contributed by atoms with van der Waals surface area (Å²) in [4.78, 5) is 24.3. The number of halogens is 1. The average molecular weight is 367 g/mol. The molecule has 0 saturated carbocycles. The summed E-state index contributed by atoms with van der Waals surface area (Å²) in [5.74, 6) is -1.05. The zero-order chi connectivity index (χ0) is 15.4. The number of carbonyl (C=O) groups excluding carboxylic acids is 2. The molecule has 7 heteroatoms. The summed E-state index contributed by atoms with van der Waals surface area (Å²) in [6.45, 7) is 0. The Kier molecular flexibility index (Phi) is 3.09. The van der Waals surface area contributed by atoms with E-state index in [1.165, 1.54) is 24.3 Å². The molecule has 0 amide bonds. The first-order valence-corrected chi connectivity index (χ1v) is 8.04. The molecule has 2 aromatic carbocycles. The maximum absolute atomic E-state index is 12.5. The minimum Gasteiger partial charge on any atom is -0.289 e. The smallest absolute Gasteiger partial charge is 0.289 e. The molecular weight excluding hydrogens is 360 g/mol. The van der Waals surface area contributed by atoms with Gasteiger partial charge in [-0.2, -0.15) is 8.42 Å². The number of ketones is 2. The minimum atomic E-state index is -4.65. The van der Waals surface area contributed by atoms with Crippen molar-refractivity contribution in [2.24, 2.45) is 0 Å². The van der Waals surface area contributed by atoms with Crippen LogP contribution in [0.5, 0.6) is 0 Å². The Bertz CT molecular complexity index is 915. The molecule has 0 aromatic heterocycles. The Morgan fingerprint density at radius 2 is 1.43 bits per heavy atom. The molecule has 3 rings (SSSR count). The summed E-state index contributed by atoms with van der Waals surface area (Å²) in [6.07, 6.45) is 0. The molecular formula is C14H7BrO5S. The van der Waals surface area contributed by atoms with Gasteiger partial charge in [-0.25, -0.2) is 0 Å². The Balaban J connectivity index is 2.45. The van der Waals surface area contributed by atoms with Crippen molar-refractivity contribution in [1.82, 2.24) is 0 Å². The van der Waals surface area contributed by atoms with Gasteiger partial charge in [-0.1, -0.05) is 24.3 Å². The predicted molar refractivity (Wildman–Crippen MR) is 77.3 cm³/mol. The molecule has 1 N–H and O–H groups in total. The fourth-order valence-corrected chi connectivity index (χ4v) is 4.10. The first-order chi connectivity index (χ1) is 9.82. The predicted octanol–water partition coefficient (Wildman–Crippen LogP) is 2.47. The summed E-state index contributed by atoms with van der Waals surface area (Å²) in [5, 5.41) is 0. The Morgan fingerprint density at radius 3 is 2.00 bits per heavy atom. The lowest BCUT2D eigenvalue weighted by molar-refractivity contribution is 0.0976. The first kappa shape index (κ1) is 14.1. The summed E-state index contributed by atoms with van der Waals surface area (Å²) in [5.41, 5.74) is 0.0155. The molecule has 0 spiro atoms.